The lowest BCUT2D eigenvalue weighted by atomic mass is 10.4. The molecule has 2 heterocycles. The number of nitrogens with zero attached hydrogens (tertiary/aromatic N) is 5. The van der Waals surface area contributed by atoms with Crippen molar-refractivity contribution in [3.05, 3.63) is 34.1 Å². The zero-order valence-electron chi connectivity index (χ0n) is 12.6. The predicted octanol–water partition coefficient (Wildman–Crippen LogP) is 1.69. The van der Waals surface area contributed by atoms with E-state index in [1.54, 1.807) is 14.0 Å². The summed E-state index contributed by atoms with van der Waals surface area (Å²) in [5, 5.41) is 7.07. The number of halogens is 1. The molecule has 0 atom stereocenters. The Morgan fingerprint density at radius 1 is 1.57 bits per heavy atom. The van der Waals surface area contributed by atoms with Gasteiger partial charge in [0.25, 0.3) is 0 Å². The van der Waals surface area contributed by atoms with Gasteiger partial charge in [0, 0.05) is 44.4 Å². The van der Waals surface area contributed by atoms with E-state index in [1.807, 2.05) is 25.2 Å². The lowest BCUT2D eigenvalue weighted by Gasteiger charge is -2.21. The Hall–Kier alpha value is -1.83. The number of guanidine groups is 1. The van der Waals surface area contributed by atoms with Crippen LogP contribution in [0.15, 0.2) is 26.3 Å². The Labute approximate surface area is 132 Å². The fourth-order valence-corrected chi connectivity index (χ4v) is 2.57. The molecule has 2 aromatic heterocycles. The first-order chi connectivity index (χ1) is 9.99. The van der Waals surface area contributed by atoms with Crippen LogP contribution in [0.4, 0.5) is 0 Å². The van der Waals surface area contributed by atoms with E-state index in [1.165, 1.54) is 5.69 Å². The van der Waals surface area contributed by atoms with Crippen LogP contribution in [0.3, 0.4) is 0 Å². The van der Waals surface area contributed by atoms with Gasteiger partial charge in [-0.15, -0.1) is 0 Å². The summed E-state index contributed by atoms with van der Waals surface area (Å²) in [7, 11) is 5.76. The summed E-state index contributed by atoms with van der Waals surface area (Å²) in [4.78, 5) is 10.5. The van der Waals surface area contributed by atoms with Crippen molar-refractivity contribution < 1.29 is 4.52 Å². The second-order valence-electron chi connectivity index (χ2n) is 4.75. The van der Waals surface area contributed by atoms with Crippen LogP contribution in [0.25, 0.3) is 0 Å². The summed E-state index contributed by atoms with van der Waals surface area (Å²) in [5.41, 5.74) is 1.18. The largest absolute Gasteiger partial charge is 0.352 e. The molecule has 0 saturated carbocycles. The highest BCUT2D eigenvalue weighted by Gasteiger charge is 2.10. The van der Waals surface area contributed by atoms with Crippen LogP contribution in [-0.4, -0.2) is 39.7 Å². The minimum absolute atomic E-state index is 0.477. The SMILES string of the molecule is CN=C(NCc1noc(C)n1)N(C)Cc1cc(Br)cn1C. The van der Waals surface area contributed by atoms with Crippen molar-refractivity contribution in [3.8, 4) is 0 Å². The van der Waals surface area contributed by atoms with Crippen LogP contribution in [0.1, 0.15) is 17.4 Å². The second kappa shape index (κ2) is 6.75. The van der Waals surface area contributed by atoms with E-state index in [0.29, 0.717) is 18.3 Å². The molecule has 0 bridgehead atoms. The van der Waals surface area contributed by atoms with Gasteiger partial charge in [0.15, 0.2) is 11.8 Å². The normalized spacial score (nSPS) is 11.8. The topological polar surface area (TPSA) is 71.5 Å². The first-order valence-corrected chi connectivity index (χ1v) is 7.30. The number of rotatable bonds is 4. The molecular formula is C13H19BrN6O. The summed E-state index contributed by atoms with van der Waals surface area (Å²) >= 11 is 3.48. The van der Waals surface area contributed by atoms with Gasteiger partial charge < -0.3 is 19.3 Å². The third-order valence-electron chi connectivity index (χ3n) is 3.02. The van der Waals surface area contributed by atoms with Crippen LogP contribution >= 0.6 is 15.9 Å². The summed E-state index contributed by atoms with van der Waals surface area (Å²) in [5.74, 6) is 1.95. The van der Waals surface area contributed by atoms with Crippen LogP contribution < -0.4 is 5.32 Å². The molecule has 1 N–H and O–H groups in total. The molecule has 0 spiro atoms. The van der Waals surface area contributed by atoms with Crippen LogP contribution in [0, 0.1) is 6.92 Å². The lowest BCUT2D eigenvalue weighted by molar-refractivity contribution is 0.386. The van der Waals surface area contributed by atoms with Gasteiger partial charge in [0.2, 0.25) is 5.89 Å². The highest BCUT2D eigenvalue weighted by atomic mass is 79.9. The summed E-state index contributed by atoms with van der Waals surface area (Å²) < 4.78 is 8.09. The first-order valence-electron chi connectivity index (χ1n) is 6.51. The van der Waals surface area contributed by atoms with Crippen molar-refractivity contribution in [2.45, 2.75) is 20.0 Å². The van der Waals surface area contributed by atoms with Crippen molar-refractivity contribution >= 4 is 21.9 Å². The summed E-state index contributed by atoms with van der Waals surface area (Å²) in [6.45, 7) is 2.99. The molecule has 0 unspecified atom stereocenters. The molecule has 0 radical (unpaired) electrons. The fourth-order valence-electron chi connectivity index (χ4n) is 2.00. The zero-order chi connectivity index (χ0) is 15.4. The van der Waals surface area contributed by atoms with Gasteiger partial charge in [-0.3, -0.25) is 4.99 Å². The monoisotopic (exact) mass is 354 g/mol. The van der Waals surface area contributed by atoms with Gasteiger partial charge in [-0.05, 0) is 22.0 Å². The Bertz CT molecular complexity index is 632. The van der Waals surface area contributed by atoms with E-state index >= 15 is 0 Å². The molecule has 7 nitrogen and oxygen atoms in total. The van der Waals surface area contributed by atoms with E-state index in [-0.39, 0.29) is 0 Å². The van der Waals surface area contributed by atoms with Crippen molar-refractivity contribution in [1.29, 1.82) is 0 Å². The molecule has 0 aliphatic heterocycles. The first kappa shape index (κ1) is 15.6. The van der Waals surface area contributed by atoms with Crippen LogP contribution in [0.5, 0.6) is 0 Å². The van der Waals surface area contributed by atoms with Gasteiger partial charge in [0.05, 0.1) is 13.1 Å². The smallest absolute Gasteiger partial charge is 0.223 e. The number of nitrogens with one attached hydrogen (secondary N) is 1. The highest BCUT2D eigenvalue weighted by Crippen LogP contribution is 2.14. The molecule has 8 heteroatoms. The molecule has 0 amide bonds. The number of aryl methyl sites for hydroxylation is 2. The predicted molar refractivity (Wildman–Crippen MR) is 83.8 cm³/mol. The van der Waals surface area contributed by atoms with Gasteiger partial charge in [0.1, 0.15) is 0 Å². The number of aromatic nitrogens is 3. The van der Waals surface area contributed by atoms with Crippen molar-refractivity contribution in [1.82, 2.24) is 24.9 Å². The molecule has 114 valence electrons. The third-order valence-corrected chi connectivity index (χ3v) is 3.45. The zero-order valence-corrected chi connectivity index (χ0v) is 14.2. The number of hydrogen-bond donors (Lipinski definition) is 1. The summed E-state index contributed by atoms with van der Waals surface area (Å²) in [6, 6.07) is 2.09. The van der Waals surface area contributed by atoms with Gasteiger partial charge >= 0.3 is 0 Å². The Balaban J connectivity index is 1.95. The van der Waals surface area contributed by atoms with E-state index in [0.717, 1.165) is 17.0 Å². The molecule has 2 aromatic rings. The maximum atomic E-state index is 4.94. The third kappa shape index (κ3) is 4.07. The molecule has 0 fully saturated rings. The second-order valence-corrected chi connectivity index (χ2v) is 5.66. The average Bonchev–Trinajstić information content (AvgIpc) is 2.96. The van der Waals surface area contributed by atoms with Crippen molar-refractivity contribution in [2.75, 3.05) is 14.1 Å². The van der Waals surface area contributed by atoms with E-state index < -0.39 is 0 Å². The standard InChI is InChI=1S/C13H19BrN6O/c1-9-17-12(18-21-9)6-16-13(15-2)20(4)8-11-5-10(14)7-19(11)3/h5,7H,6,8H2,1-4H3,(H,15,16). The molecule has 0 aromatic carbocycles. The molecule has 0 aliphatic rings. The molecule has 0 aliphatic carbocycles. The van der Waals surface area contributed by atoms with Crippen LogP contribution in [-0.2, 0) is 20.1 Å². The van der Waals surface area contributed by atoms with Gasteiger partial charge in [-0.1, -0.05) is 5.16 Å². The highest BCUT2D eigenvalue weighted by molar-refractivity contribution is 9.10. The van der Waals surface area contributed by atoms with E-state index in [9.17, 15) is 0 Å². The van der Waals surface area contributed by atoms with E-state index in [2.05, 4.69) is 47.0 Å². The molecule has 21 heavy (non-hydrogen) atoms. The van der Waals surface area contributed by atoms with Gasteiger partial charge in [-0.25, -0.2) is 0 Å². The maximum Gasteiger partial charge on any atom is 0.223 e. The Kier molecular flexibility index (Phi) is 5.00. The molecule has 2 rings (SSSR count). The lowest BCUT2D eigenvalue weighted by Crippen LogP contribution is -2.38. The molecular weight excluding hydrogens is 336 g/mol. The Morgan fingerprint density at radius 2 is 2.33 bits per heavy atom. The average molecular weight is 355 g/mol. The van der Waals surface area contributed by atoms with Crippen molar-refractivity contribution in [3.63, 3.8) is 0 Å². The minimum Gasteiger partial charge on any atom is -0.352 e. The number of hydrogen-bond acceptors (Lipinski definition) is 4. The summed E-state index contributed by atoms with van der Waals surface area (Å²) in [6.07, 6.45) is 2.03. The van der Waals surface area contributed by atoms with Crippen molar-refractivity contribution in [2.24, 2.45) is 12.0 Å². The minimum atomic E-state index is 0.477. The molecule has 0 saturated heterocycles. The Morgan fingerprint density at radius 3 is 2.86 bits per heavy atom. The van der Waals surface area contributed by atoms with Crippen LogP contribution in [0.2, 0.25) is 0 Å². The number of aliphatic imine (C=N–C) groups is 1. The van der Waals surface area contributed by atoms with Gasteiger partial charge in [-0.2, -0.15) is 4.98 Å². The quantitative estimate of drug-likeness (QED) is 0.668. The maximum absolute atomic E-state index is 4.94. The van der Waals surface area contributed by atoms with E-state index in [4.69, 9.17) is 4.52 Å². The fraction of sp³-hybridized carbons (Fsp3) is 0.462.